The minimum absolute atomic E-state index is 0.111. The zero-order valence-corrected chi connectivity index (χ0v) is 15.8. The Kier molecular flexibility index (Phi) is 6.84. The van der Waals surface area contributed by atoms with E-state index in [4.69, 9.17) is 15.2 Å². The van der Waals surface area contributed by atoms with Crippen molar-refractivity contribution < 1.29 is 19.1 Å². The molecule has 6 heteroatoms. The van der Waals surface area contributed by atoms with Crippen LogP contribution in [0, 0.1) is 0 Å². The monoisotopic (exact) mass is 390 g/mol. The predicted molar refractivity (Wildman–Crippen MR) is 110 cm³/mol. The molecule has 0 saturated heterocycles. The zero-order valence-electron chi connectivity index (χ0n) is 15.8. The van der Waals surface area contributed by atoms with Gasteiger partial charge in [-0.1, -0.05) is 42.5 Å². The van der Waals surface area contributed by atoms with Crippen molar-refractivity contribution in [2.24, 2.45) is 5.73 Å². The third kappa shape index (κ3) is 6.39. The first-order valence-electron chi connectivity index (χ1n) is 9.15. The van der Waals surface area contributed by atoms with Gasteiger partial charge in [0.1, 0.15) is 18.1 Å². The van der Waals surface area contributed by atoms with Crippen LogP contribution in [0.5, 0.6) is 11.5 Å². The fraction of sp³-hybridized carbons (Fsp3) is 0.130. The maximum Gasteiger partial charge on any atom is 0.258 e. The van der Waals surface area contributed by atoms with Crippen LogP contribution in [0.15, 0.2) is 78.9 Å². The average molecular weight is 390 g/mol. The minimum atomic E-state index is -0.502. The van der Waals surface area contributed by atoms with E-state index in [1.165, 1.54) is 0 Å². The van der Waals surface area contributed by atoms with Gasteiger partial charge in [-0.05, 0) is 47.5 Å². The van der Waals surface area contributed by atoms with E-state index in [0.29, 0.717) is 17.9 Å². The number of primary amides is 1. The van der Waals surface area contributed by atoms with Gasteiger partial charge in [0.15, 0.2) is 6.61 Å². The second-order valence-corrected chi connectivity index (χ2v) is 6.38. The van der Waals surface area contributed by atoms with Crippen LogP contribution in [0.3, 0.4) is 0 Å². The summed E-state index contributed by atoms with van der Waals surface area (Å²) in [6.07, 6.45) is 0. The Morgan fingerprint density at radius 3 is 2.14 bits per heavy atom. The first-order chi connectivity index (χ1) is 14.1. The van der Waals surface area contributed by atoms with Crippen LogP contribution in [0.1, 0.15) is 21.5 Å². The summed E-state index contributed by atoms with van der Waals surface area (Å²) in [5.41, 5.74) is 7.54. The van der Waals surface area contributed by atoms with E-state index in [0.717, 1.165) is 16.9 Å². The summed E-state index contributed by atoms with van der Waals surface area (Å²) in [6, 6.07) is 23.8. The van der Waals surface area contributed by atoms with Gasteiger partial charge in [-0.25, -0.2) is 0 Å². The van der Waals surface area contributed by atoms with Crippen LogP contribution in [0.4, 0.5) is 0 Å². The van der Waals surface area contributed by atoms with Crippen LogP contribution in [-0.4, -0.2) is 18.4 Å². The Labute approximate surface area is 169 Å². The maximum absolute atomic E-state index is 12.0. The van der Waals surface area contributed by atoms with Gasteiger partial charge in [-0.3, -0.25) is 9.59 Å². The number of nitrogens with two attached hydrogens (primary N) is 1. The molecule has 0 aromatic heterocycles. The Hall–Kier alpha value is -3.80. The summed E-state index contributed by atoms with van der Waals surface area (Å²) in [4.78, 5) is 23.2. The molecule has 0 fully saturated rings. The average Bonchev–Trinajstić information content (AvgIpc) is 2.76. The first-order valence-corrected chi connectivity index (χ1v) is 9.15. The zero-order chi connectivity index (χ0) is 20.5. The molecule has 0 unspecified atom stereocenters. The van der Waals surface area contributed by atoms with Gasteiger partial charge >= 0.3 is 0 Å². The smallest absolute Gasteiger partial charge is 0.258 e. The van der Waals surface area contributed by atoms with Crippen molar-refractivity contribution in [1.82, 2.24) is 5.32 Å². The third-order valence-electron chi connectivity index (χ3n) is 4.14. The molecule has 29 heavy (non-hydrogen) atoms. The number of carbonyl (C=O) groups excluding carboxylic acids is 2. The van der Waals surface area contributed by atoms with Crippen LogP contribution in [0.25, 0.3) is 0 Å². The Balaban J connectivity index is 1.42. The third-order valence-corrected chi connectivity index (χ3v) is 4.14. The molecule has 0 atom stereocenters. The number of benzene rings is 3. The van der Waals surface area contributed by atoms with Gasteiger partial charge in [0.25, 0.3) is 5.91 Å². The molecular weight excluding hydrogens is 368 g/mol. The summed E-state index contributed by atoms with van der Waals surface area (Å²) in [5, 5.41) is 2.74. The van der Waals surface area contributed by atoms with Gasteiger partial charge in [0, 0.05) is 12.1 Å². The number of ether oxygens (including phenoxy) is 2. The van der Waals surface area contributed by atoms with E-state index in [1.54, 1.807) is 42.5 Å². The molecule has 0 aliphatic rings. The minimum Gasteiger partial charge on any atom is -0.489 e. The molecule has 3 aromatic carbocycles. The summed E-state index contributed by atoms with van der Waals surface area (Å²) in [5.74, 6) is 0.527. The highest BCUT2D eigenvalue weighted by atomic mass is 16.5. The number of rotatable bonds is 9. The van der Waals surface area contributed by atoms with Crippen LogP contribution < -0.4 is 20.5 Å². The standard InChI is InChI=1S/C23H22N2O4/c24-23(27)19-8-4-7-18(13-19)14-25-22(26)16-29-21-11-9-20(10-12-21)28-15-17-5-2-1-3-6-17/h1-13H,14-16H2,(H2,24,27)(H,25,26). The van der Waals surface area contributed by atoms with Crippen molar-refractivity contribution in [2.75, 3.05) is 6.61 Å². The van der Waals surface area contributed by atoms with E-state index in [1.807, 2.05) is 36.4 Å². The Morgan fingerprint density at radius 2 is 1.45 bits per heavy atom. The van der Waals surface area contributed by atoms with Crippen LogP contribution in [-0.2, 0) is 17.9 Å². The van der Waals surface area contributed by atoms with Crippen molar-refractivity contribution >= 4 is 11.8 Å². The van der Waals surface area contributed by atoms with E-state index in [9.17, 15) is 9.59 Å². The van der Waals surface area contributed by atoms with E-state index < -0.39 is 5.91 Å². The van der Waals surface area contributed by atoms with Gasteiger partial charge in [-0.2, -0.15) is 0 Å². The number of amides is 2. The topological polar surface area (TPSA) is 90.7 Å². The lowest BCUT2D eigenvalue weighted by molar-refractivity contribution is -0.123. The summed E-state index contributed by atoms with van der Waals surface area (Å²) in [7, 11) is 0. The van der Waals surface area contributed by atoms with Crippen molar-refractivity contribution in [3.05, 3.63) is 95.6 Å². The summed E-state index contributed by atoms with van der Waals surface area (Å²) in [6.45, 7) is 0.662. The molecule has 148 valence electrons. The summed E-state index contributed by atoms with van der Waals surface area (Å²) < 4.78 is 11.2. The predicted octanol–water partition coefficient (Wildman–Crippen LogP) is 3.06. The van der Waals surface area contributed by atoms with Gasteiger partial charge in [0.05, 0.1) is 0 Å². The van der Waals surface area contributed by atoms with Crippen LogP contribution in [0.2, 0.25) is 0 Å². The van der Waals surface area contributed by atoms with Gasteiger partial charge in [0.2, 0.25) is 5.91 Å². The quantitative estimate of drug-likeness (QED) is 0.588. The number of nitrogens with one attached hydrogen (secondary N) is 1. The van der Waals surface area contributed by atoms with E-state index in [2.05, 4.69) is 5.32 Å². The van der Waals surface area contributed by atoms with E-state index in [-0.39, 0.29) is 19.1 Å². The van der Waals surface area contributed by atoms with Gasteiger partial charge in [-0.15, -0.1) is 0 Å². The van der Waals surface area contributed by atoms with Crippen molar-refractivity contribution in [2.45, 2.75) is 13.2 Å². The van der Waals surface area contributed by atoms with Crippen molar-refractivity contribution in [3.8, 4) is 11.5 Å². The highest BCUT2D eigenvalue weighted by molar-refractivity contribution is 5.92. The lowest BCUT2D eigenvalue weighted by atomic mass is 10.1. The number of hydrogen-bond acceptors (Lipinski definition) is 4. The molecule has 3 N–H and O–H groups in total. The molecule has 0 aliphatic heterocycles. The fourth-order valence-electron chi connectivity index (χ4n) is 2.61. The molecule has 2 amide bonds. The van der Waals surface area contributed by atoms with Crippen LogP contribution >= 0.6 is 0 Å². The molecule has 0 aliphatic carbocycles. The van der Waals surface area contributed by atoms with Crippen molar-refractivity contribution in [1.29, 1.82) is 0 Å². The fourth-order valence-corrected chi connectivity index (χ4v) is 2.61. The van der Waals surface area contributed by atoms with E-state index >= 15 is 0 Å². The normalized spacial score (nSPS) is 10.2. The molecule has 3 aromatic rings. The molecule has 0 spiro atoms. The Morgan fingerprint density at radius 1 is 0.793 bits per heavy atom. The Bertz CT molecular complexity index is 956. The second kappa shape index (κ2) is 9.94. The first kappa shape index (κ1) is 19.9. The summed E-state index contributed by atoms with van der Waals surface area (Å²) >= 11 is 0. The molecule has 0 heterocycles. The molecule has 0 radical (unpaired) electrons. The number of carbonyl (C=O) groups is 2. The molecular formula is C23H22N2O4. The molecule has 6 nitrogen and oxygen atoms in total. The molecule has 0 bridgehead atoms. The molecule has 3 rings (SSSR count). The molecule has 0 saturated carbocycles. The lowest BCUT2D eigenvalue weighted by Gasteiger charge is -2.10. The van der Waals surface area contributed by atoms with Crippen molar-refractivity contribution in [3.63, 3.8) is 0 Å². The highest BCUT2D eigenvalue weighted by Gasteiger charge is 2.05. The second-order valence-electron chi connectivity index (χ2n) is 6.38. The van der Waals surface area contributed by atoms with Gasteiger partial charge < -0.3 is 20.5 Å². The largest absolute Gasteiger partial charge is 0.489 e. The highest BCUT2D eigenvalue weighted by Crippen LogP contribution is 2.18. The maximum atomic E-state index is 12.0. The lowest BCUT2D eigenvalue weighted by Crippen LogP contribution is -2.28. The number of hydrogen-bond donors (Lipinski definition) is 2. The SMILES string of the molecule is NC(=O)c1cccc(CNC(=O)COc2ccc(OCc3ccccc3)cc2)c1.